The Hall–Kier alpha value is -2.62. The molecule has 2 aromatic heterocycles. The average molecular weight is 264 g/mol. The Morgan fingerprint density at radius 2 is 1.90 bits per heavy atom. The molecule has 3 rings (SSSR count). The monoisotopic (exact) mass is 264 g/mol. The number of anilines is 3. The number of rotatable bonds is 4. The van der Waals surface area contributed by atoms with E-state index >= 15 is 0 Å². The number of nitrogens with zero attached hydrogens (tertiary/aromatic N) is 2. The molecule has 0 amide bonds. The standard InChI is InChI=1S/C16H16N4/c1-2-17-15-11-13(8-10-18-15)20-14-7-3-5-12-6-4-9-19-16(12)14/h3-11H,2H2,1H3,(H2,17,18,20). The molecule has 2 N–H and O–H groups in total. The van der Waals surface area contributed by atoms with Gasteiger partial charge in [-0.2, -0.15) is 0 Å². The minimum Gasteiger partial charge on any atom is -0.370 e. The highest BCUT2D eigenvalue weighted by Crippen LogP contribution is 2.25. The van der Waals surface area contributed by atoms with Gasteiger partial charge in [-0.15, -0.1) is 0 Å². The van der Waals surface area contributed by atoms with Gasteiger partial charge >= 0.3 is 0 Å². The third kappa shape index (κ3) is 2.54. The van der Waals surface area contributed by atoms with Gasteiger partial charge in [0.1, 0.15) is 5.82 Å². The summed E-state index contributed by atoms with van der Waals surface area (Å²) in [5.41, 5.74) is 2.96. The molecular formula is C16H16N4. The summed E-state index contributed by atoms with van der Waals surface area (Å²) in [6, 6.07) is 14.1. The minimum absolute atomic E-state index is 0.853. The van der Waals surface area contributed by atoms with Crippen molar-refractivity contribution in [3.05, 3.63) is 54.9 Å². The fourth-order valence-electron chi connectivity index (χ4n) is 2.15. The molecule has 4 nitrogen and oxygen atoms in total. The van der Waals surface area contributed by atoms with E-state index in [9.17, 15) is 0 Å². The van der Waals surface area contributed by atoms with Crippen molar-refractivity contribution in [2.24, 2.45) is 0 Å². The van der Waals surface area contributed by atoms with Crippen LogP contribution in [0.25, 0.3) is 10.9 Å². The van der Waals surface area contributed by atoms with Crippen LogP contribution >= 0.6 is 0 Å². The average Bonchev–Trinajstić information content (AvgIpc) is 2.48. The highest BCUT2D eigenvalue weighted by atomic mass is 15.0. The molecule has 0 aliphatic heterocycles. The molecule has 0 aliphatic carbocycles. The highest BCUT2D eigenvalue weighted by molar-refractivity contribution is 5.92. The molecule has 0 spiro atoms. The summed E-state index contributed by atoms with van der Waals surface area (Å²) in [4.78, 5) is 8.71. The van der Waals surface area contributed by atoms with Crippen molar-refractivity contribution < 1.29 is 0 Å². The molecule has 0 fully saturated rings. The Morgan fingerprint density at radius 1 is 1.00 bits per heavy atom. The Labute approximate surface area is 117 Å². The van der Waals surface area contributed by atoms with Crippen molar-refractivity contribution in [3.63, 3.8) is 0 Å². The number of benzene rings is 1. The van der Waals surface area contributed by atoms with Gasteiger partial charge in [-0.1, -0.05) is 18.2 Å². The lowest BCUT2D eigenvalue weighted by Gasteiger charge is -2.10. The summed E-state index contributed by atoms with van der Waals surface area (Å²) in [7, 11) is 0. The molecule has 0 aliphatic rings. The molecular weight excluding hydrogens is 248 g/mol. The molecule has 0 radical (unpaired) electrons. The van der Waals surface area contributed by atoms with Crippen LogP contribution in [-0.4, -0.2) is 16.5 Å². The van der Waals surface area contributed by atoms with Crippen LogP contribution in [0, 0.1) is 0 Å². The van der Waals surface area contributed by atoms with Crippen LogP contribution in [0.1, 0.15) is 6.92 Å². The molecule has 0 saturated heterocycles. The van der Waals surface area contributed by atoms with Gasteiger partial charge in [-0.05, 0) is 25.1 Å². The molecule has 100 valence electrons. The summed E-state index contributed by atoms with van der Waals surface area (Å²) in [6.45, 7) is 2.91. The maximum Gasteiger partial charge on any atom is 0.127 e. The molecule has 1 aromatic carbocycles. The predicted molar refractivity (Wildman–Crippen MR) is 83.4 cm³/mol. The highest BCUT2D eigenvalue weighted by Gasteiger charge is 2.02. The van der Waals surface area contributed by atoms with Gasteiger partial charge in [0.05, 0.1) is 11.2 Å². The maximum atomic E-state index is 4.44. The molecule has 0 unspecified atom stereocenters. The van der Waals surface area contributed by atoms with Crippen molar-refractivity contribution in [1.29, 1.82) is 0 Å². The van der Waals surface area contributed by atoms with E-state index in [0.717, 1.165) is 34.6 Å². The SMILES string of the molecule is CCNc1cc(Nc2cccc3cccnc23)ccn1. The molecule has 0 saturated carbocycles. The van der Waals surface area contributed by atoms with Gasteiger partial charge in [0.25, 0.3) is 0 Å². The first-order valence-corrected chi connectivity index (χ1v) is 6.67. The molecule has 3 aromatic rings. The summed E-state index contributed by atoms with van der Waals surface area (Å²) >= 11 is 0. The summed E-state index contributed by atoms with van der Waals surface area (Å²) in [6.07, 6.45) is 3.60. The van der Waals surface area contributed by atoms with Crippen LogP contribution in [-0.2, 0) is 0 Å². The molecule has 4 heteroatoms. The topological polar surface area (TPSA) is 49.8 Å². The number of pyridine rings is 2. The zero-order valence-electron chi connectivity index (χ0n) is 11.3. The first-order valence-electron chi connectivity index (χ1n) is 6.67. The number of aromatic nitrogens is 2. The van der Waals surface area contributed by atoms with E-state index in [1.165, 1.54) is 0 Å². The van der Waals surface area contributed by atoms with Crippen LogP contribution in [0.5, 0.6) is 0 Å². The van der Waals surface area contributed by atoms with E-state index in [1.54, 1.807) is 6.20 Å². The smallest absolute Gasteiger partial charge is 0.127 e. The lowest BCUT2D eigenvalue weighted by molar-refractivity contribution is 1.16. The van der Waals surface area contributed by atoms with Crippen LogP contribution in [0.4, 0.5) is 17.2 Å². The zero-order chi connectivity index (χ0) is 13.8. The van der Waals surface area contributed by atoms with E-state index < -0.39 is 0 Å². The second-order valence-electron chi connectivity index (χ2n) is 4.47. The van der Waals surface area contributed by atoms with Gasteiger partial charge in [0, 0.05) is 36.1 Å². The summed E-state index contributed by atoms with van der Waals surface area (Å²) in [5, 5.41) is 7.73. The van der Waals surface area contributed by atoms with E-state index in [2.05, 4.69) is 39.7 Å². The molecule has 2 heterocycles. The van der Waals surface area contributed by atoms with Crippen molar-refractivity contribution in [2.75, 3.05) is 17.2 Å². The van der Waals surface area contributed by atoms with E-state index in [-0.39, 0.29) is 0 Å². The molecule has 0 bridgehead atoms. The second-order valence-corrected chi connectivity index (χ2v) is 4.47. The maximum absolute atomic E-state index is 4.44. The third-order valence-electron chi connectivity index (χ3n) is 3.03. The minimum atomic E-state index is 0.853. The largest absolute Gasteiger partial charge is 0.370 e. The van der Waals surface area contributed by atoms with Crippen molar-refractivity contribution in [3.8, 4) is 0 Å². The number of hydrogen-bond acceptors (Lipinski definition) is 4. The van der Waals surface area contributed by atoms with Gasteiger partial charge in [0.2, 0.25) is 0 Å². The lowest BCUT2D eigenvalue weighted by atomic mass is 10.2. The third-order valence-corrected chi connectivity index (χ3v) is 3.03. The lowest BCUT2D eigenvalue weighted by Crippen LogP contribution is -2.00. The first-order chi connectivity index (χ1) is 9.86. The number of nitrogens with one attached hydrogen (secondary N) is 2. The van der Waals surface area contributed by atoms with Gasteiger partial charge < -0.3 is 10.6 Å². The zero-order valence-corrected chi connectivity index (χ0v) is 11.3. The van der Waals surface area contributed by atoms with Gasteiger partial charge in [0.15, 0.2) is 0 Å². The van der Waals surface area contributed by atoms with Crippen LogP contribution in [0.3, 0.4) is 0 Å². The summed E-state index contributed by atoms with van der Waals surface area (Å²) < 4.78 is 0. The van der Waals surface area contributed by atoms with Crippen molar-refractivity contribution in [1.82, 2.24) is 9.97 Å². The van der Waals surface area contributed by atoms with Crippen LogP contribution < -0.4 is 10.6 Å². The summed E-state index contributed by atoms with van der Waals surface area (Å²) in [5.74, 6) is 0.866. The first kappa shape index (κ1) is 12.4. The van der Waals surface area contributed by atoms with Gasteiger partial charge in [-0.25, -0.2) is 4.98 Å². The Kier molecular flexibility index (Phi) is 3.46. The molecule has 20 heavy (non-hydrogen) atoms. The normalized spacial score (nSPS) is 10.4. The van der Waals surface area contributed by atoms with Crippen LogP contribution in [0.15, 0.2) is 54.9 Å². The Balaban J connectivity index is 1.95. The fraction of sp³-hybridized carbons (Fsp3) is 0.125. The van der Waals surface area contributed by atoms with E-state index in [0.29, 0.717) is 0 Å². The number of fused-ring (bicyclic) bond motifs is 1. The predicted octanol–water partition coefficient (Wildman–Crippen LogP) is 3.81. The number of hydrogen-bond donors (Lipinski definition) is 2. The van der Waals surface area contributed by atoms with Gasteiger partial charge in [-0.3, -0.25) is 4.98 Å². The quantitative estimate of drug-likeness (QED) is 0.752. The Bertz CT molecular complexity index is 719. The fourth-order valence-corrected chi connectivity index (χ4v) is 2.15. The van der Waals surface area contributed by atoms with Crippen molar-refractivity contribution >= 4 is 28.1 Å². The molecule has 0 atom stereocenters. The second kappa shape index (κ2) is 5.57. The van der Waals surface area contributed by atoms with Crippen molar-refractivity contribution in [2.45, 2.75) is 6.92 Å². The Morgan fingerprint density at radius 3 is 2.80 bits per heavy atom. The van der Waals surface area contributed by atoms with Crippen LogP contribution in [0.2, 0.25) is 0 Å². The van der Waals surface area contributed by atoms with E-state index in [1.807, 2.05) is 36.5 Å². The van der Waals surface area contributed by atoms with E-state index in [4.69, 9.17) is 0 Å². The number of para-hydroxylation sites is 1.